The van der Waals surface area contributed by atoms with Gasteiger partial charge in [0.1, 0.15) is 5.82 Å². The topological polar surface area (TPSA) is 59.8 Å². The van der Waals surface area contributed by atoms with Gasteiger partial charge in [-0.25, -0.2) is 0 Å². The SMILES string of the molecule is CCc1cccc(C)c1NC(=O)CSc1nnc(C2CCCCC2)n1C. The van der Waals surface area contributed by atoms with Crippen LogP contribution in [0.2, 0.25) is 0 Å². The monoisotopic (exact) mass is 372 g/mol. The molecule has 1 aliphatic carbocycles. The maximum absolute atomic E-state index is 12.4. The van der Waals surface area contributed by atoms with Crippen LogP contribution in [0.15, 0.2) is 23.4 Å². The van der Waals surface area contributed by atoms with Gasteiger partial charge in [0.15, 0.2) is 5.16 Å². The first-order valence-electron chi connectivity index (χ1n) is 9.50. The van der Waals surface area contributed by atoms with Crippen molar-refractivity contribution >= 4 is 23.4 Å². The van der Waals surface area contributed by atoms with E-state index in [4.69, 9.17) is 0 Å². The molecule has 1 aromatic heterocycles. The molecule has 3 rings (SSSR count). The number of hydrogen-bond donors (Lipinski definition) is 1. The molecule has 1 aliphatic rings. The number of amides is 1. The van der Waals surface area contributed by atoms with Gasteiger partial charge in [-0.3, -0.25) is 4.79 Å². The zero-order valence-electron chi connectivity index (χ0n) is 15.9. The van der Waals surface area contributed by atoms with E-state index in [0.717, 1.165) is 28.7 Å². The first-order valence-corrected chi connectivity index (χ1v) is 10.5. The molecule has 0 aliphatic heterocycles. The summed E-state index contributed by atoms with van der Waals surface area (Å²) in [4.78, 5) is 12.4. The molecule has 0 atom stereocenters. The Balaban J connectivity index is 1.61. The van der Waals surface area contributed by atoms with E-state index in [0.29, 0.717) is 11.7 Å². The number of anilines is 1. The highest BCUT2D eigenvalue weighted by Crippen LogP contribution is 2.32. The Morgan fingerprint density at radius 2 is 2.04 bits per heavy atom. The molecule has 1 amide bonds. The van der Waals surface area contributed by atoms with Gasteiger partial charge in [0.2, 0.25) is 5.91 Å². The van der Waals surface area contributed by atoms with Crippen molar-refractivity contribution in [2.75, 3.05) is 11.1 Å². The van der Waals surface area contributed by atoms with Crippen LogP contribution < -0.4 is 5.32 Å². The van der Waals surface area contributed by atoms with Gasteiger partial charge in [-0.15, -0.1) is 10.2 Å². The van der Waals surface area contributed by atoms with Crippen LogP contribution in [0.25, 0.3) is 0 Å². The average molecular weight is 373 g/mol. The van der Waals surface area contributed by atoms with E-state index in [2.05, 4.69) is 33.1 Å². The zero-order valence-corrected chi connectivity index (χ0v) is 16.7. The minimum atomic E-state index is 0.00113. The molecule has 1 aromatic carbocycles. The Hall–Kier alpha value is -1.82. The summed E-state index contributed by atoms with van der Waals surface area (Å²) >= 11 is 1.46. The lowest BCUT2D eigenvalue weighted by Gasteiger charge is -2.20. The number of nitrogens with one attached hydrogen (secondary N) is 1. The number of para-hydroxylation sites is 1. The predicted octanol–water partition coefficient (Wildman–Crippen LogP) is 4.46. The van der Waals surface area contributed by atoms with Gasteiger partial charge in [0.25, 0.3) is 0 Å². The molecule has 1 saturated carbocycles. The van der Waals surface area contributed by atoms with Crippen molar-refractivity contribution in [2.45, 2.75) is 63.4 Å². The van der Waals surface area contributed by atoms with E-state index in [1.165, 1.54) is 49.4 Å². The molecule has 2 aromatic rings. The van der Waals surface area contributed by atoms with Gasteiger partial charge < -0.3 is 9.88 Å². The number of carbonyl (C=O) groups is 1. The average Bonchev–Trinajstić information content (AvgIpc) is 3.03. The molecule has 0 saturated heterocycles. The third kappa shape index (κ3) is 4.29. The van der Waals surface area contributed by atoms with Crippen LogP contribution in [0.4, 0.5) is 5.69 Å². The van der Waals surface area contributed by atoms with Crippen molar-refractivity contribution in [2.24, 2.45) is 7.05 Å². The third-order valence-electron chi connectivity index (χ3n) is 5.18. The molecule has 0 bridgehead atoms. The molecule has 0 radical (unpaired) electrons. The van der Waals surface area contributed by atoms with Gasteiger partial charge in [-0.1, -0.05) is 56.1 Å². The zero-order chi connectivity index (χ0) is 18.5. The van der Waals surface area contributed by atoms with Crippen LogP contribution in [0.5, 0.6) is 0 Å². The van der Waals surface area contributed by atoms with Crippen LogP contribution in [0.1, 0.15) is 61.9 Å². The molecular formula is C20H28N4OS. The van der Waals surface area contributed by atoms with Gasteiger partial charge >= 0.3 is 0 Å². The summed E-state index contributed by atoms with van der Waals surface area (Å²) < 4.78 is 2.07. The second-order valence-electron chi connectivity index (χ2n) is 7.03. The van der Waals surface area contributed by atoms with Crippen LogP contribution in [-0.2, 0) is 18.3 Å². The second kappa shape index (κ2) is 8.71. The fourth-order valence-electron chi connectivity index (χ4n) is 3.68. The maximum Gasteiger partial charge on any atom is 0.234 e. The molecule has 1 heterocycles. The van der Waals surface area contributed by atoms with Crippen molar-refractivity contribution in [1.82, 2.24) is 14.8 Å². The van der Waals surface area contributed by atoms with E-state index in [9.17, 15) is 4.79 Å². The Morgan fingerprint density at radius 3 is 2.77 bits per heavy atom. The molecular weight excluding hydrogens is 344 g/mol. The van der Waals surface area contributed by atoms with Gasteiger partial charge in [0, 0.05) is 18.7 Å². The number of benzene rings is 1. The quantitative estimate of drug-likeness (QED) is 0.760. The summed E-state index contributed by atoms with van der Waals surface area (Å²) in [5.41, 5.74) is 3.21. The van der Waals surface area contributed by atoms with E-state index < -0.39 is 0 Å². The minimum Gasteiger partial charge on any atom is -0.325 e. The van der Waals surface area contributed by atoms with Gasteiger partial charge in [-0.05, 0) is 37.3 Å². The Bertz CT molecular complexity index is 765. The standard InChI is InChI=1S/C20H28N4OS/c1-4-15-12-8-9-14(2)18(15)21-17(25)13-26-20-23-22-19(24(20)3)16-10-6-5-7-11-16/h8-9,12,16H,4-7,10-11,13H2,1-3H3,(H,21,25). The molecule has 6 heteroatoms. The molecule has 5 nitrogen and oxygen atoms in total. The number of thioether (sulfide) groups is 1. The van der Waals surface area contributed by atoms with Gasteiger partial charge in [-0.2, -0.15) is 0 Å². The molecule has 26 heavy (non-hydrogen) atoms. The van der Waals surface area contributed by atoms with E-state index in [1.54, 1.807) is 0 Å². The highest BCUT2D eigenvalue weighted by molar-refractivity contribution is 7.99. The predicted molar refractivity (Wildman–Crippen MR) is 107 cm³/mol. The van der Waals surface area contributed by atoms with Crippen molar-refractivity contribution in [3.8, 4) is 0 Å². The van der Waals surface area contributed by atoms with Gasteiger partial charge in [0.05, 0.1) is 5.75 Å². The van der Waals surface area contributed by atoms with E-state index >= 15 is 0 Å². The largest absolute Gasteiger partial charge is 0.325 e. The second-order valence-corrected chi connectivity index (χ2v) is 7.98. The highest BCUT2D eigenvalue weighted by Gasteiger charge is 2.22. The fourth-order valence-corrected chi connectivity index (χ4v) is 4.39. The number of hydrogen-bond acceptors (Lipinski definition) is 4. The first kappa shape index (κ1) is 19.0. The summed E-state index contributed by atoms with van der Waals surface area (Å²) in [6.07, 6.45) is 7.18. The van der Waals surface area contributed by atoms with Crippen LogP contribution in [0, 0.1) is 6.92 Å². The summed E-state index contributed by atoms with van der Waals surface area (Å²) in [7, 11) is 2.01. The summed E-state index contributed by atoms with van der Waals surface area (Å²) in [6.45, 7) is 4.13. The molecule has 1 fully saturated rings. The number of aryl methyl sites for hydroxylation is 2. The van der Waals surface area contributed by atoms with Crippen molar-refractivity contribution < 1.29 is 4.79 Å². The lowest BCUT2D eigenvalue weighted by Crippen LogP contribution is -2.16. The lowest BCUT2D eigenvalue weighted by molar-refractivity contribution is -0.113. The lowest BCUT2D eigenvalue weighted by atomic mass is 9.89. The van der Waals surface area contributed by atoms with E-state index in [-0.39, 0.29) is 5.91 Å². The van der Waals surface area contributed by atoms with E-state index in [1.807, 2.05) is 26.1 Å². The molecule has 140 valence electrons. The van der Waals surface area contributed by atoms with Crippen LogP contribution >= 0.6 is 11.8 Å². The number of rotatable bonds is 6. The van der Waals surface area contributed by atoms with Crippen molar-refractivity contribution in [3.05, 3.63) is 35.2 Å². The van der Waals surface area contributed by atoms with Crippen molar-refractivity contribution in [1.29, 1.82) is 0 Å². The highest BCUT2D eigenvalue weighted by atomic mass is 32.2. The Morgan fingerprint density at radius 1 is 1.27 bits per heavy atom. The smallest absolute Gasteiger partial charge is 0.234 e. The van der Waals surface area contributed by atoms with Crippen molar-refractivity contribution in [3.63, 3.8) is 0 Å². The number of carbonyl (C=O) groups excluding carboxylic acids is 1. The van der Waals surface area contributed by atoms with Crippen LogP contribution in [-0.4, -0.2) is 26.4 Å². The molecule has 1 N–H and O–H groups in total. The summed E-state index contributed by atoms with van der Waals surface area (Å²) in [5.74, 6) is 1.93. The molecule has 0 unspecified atom stereocenters. The first-order chi connectivity index (χ1) is 12.6. The fraction of sp³-hybridized carbons (Fsp3) is 0.550. The van der Waals surface area contributed by atoms with Crippen LogP contribution in [0.3, 0.4) is 0 Å². The summed E-state index contributed by atoms with van der Waals surface area (Å²) in [5, 5.41) is 12.6. The normalized spacial score (nSPS) is 15.2. The number of aromatic nitrogens is 3. The Kier molecular flexibility index (Phi) is 6.35. The Labute approximate surface area is 160 Å². The third-order valence-corrected chi connectivity index (χ3v) is 6.20. The number of nitrogens with zero attached hydrogens (tertiary/aromatic N) is 3. The summed E-state index contributed by atoms with van der Waals surface area (Å²) in [6, 6.07) is 6.13. The molecule has 0 spiro atoms. The maximum atomic E-state index is 12.4. The minimum absolute atomic E-state index is 0.00113.